The Morgan fingerprint density at radius 1 is 0.702 bits per heavy atom. The zero-order valence-corrected chi connectivity index (χ0v) is 37.4. The van der Waals surface area contributed by atoms with Gasteiger partial charge in [0.05, 0.1) is 25.4 Å². The van der Waals surface area contributed by atoms with Gasteiger partial charge in [-0.3, -0.25) is 4.79 Å². The number of carbonyl (C=O) groups is 1. The van der Waals surface area contributed by atoms with Gasteiger partial charge >= 0.3 is 5.97 Å². The van der Waals surface area contributed by atoms with Crippen LogP contribution in [-0.4, -0.2) is 70.8 Å². The van der Waals surface area contributed by atoms with E-state index in [0.717, 1.165) is 25.7 Å². The maximum absolute atomic E-state index is 12.3. The Hall–Kier alpha value is 0.178. The summed E-state index contributed by atoms with van der Waals surface area (Å²) in [7, 11) is -5.87. The van der Waals surface area contributed by atoms with E-state index in [9.17, 15) is 4.79 Å². The second kappa shape index (κ2) is 14.0. The summed E-state index contributed by atoms with van der Waals surface area (Å²) in [6, 6.07) is 0. The quantitative estimate of drug-likeness (QED) is 0.147. The van der Waals surface area contributed by atoms with E-state index in [4.69, 9.17) is 22.4 Å². The lowest BCUT2D eigenvalue weighted by atomic mass is 9.42. The van der Waals surface area contributed by atoms with Gasteiger partial charge in [-0.1, -0.05) is 20.8 Å². The summed E-state index contributed by atoms with van der Waals surface area (Å²) in [6.45, 7) is 36.0. The molecule has 0 aromatic heterocycles. The molecule has 4 saturated carbocycles. The molecule has 0 bridgehead atoms. The summed E-state index contributed by atoms with van der Waals surface area (Å²) >= 11 is 0. The molecule has 0 spiro atoms. The van der Waals surface area contributed by atoms with Crippen LogP contribution in [0.5, 0.6) is 0 Å². The zero-order valence-electron chi connectivity index (χ0n) is 33.4. The molecule has 10 heteroatoms. The number of rotatable bonds is 12. The smallest absolute Gasteiger partial charge is 0.305 e. The summed E-state index contributed by atoms with van der Waals surface area (Å²) < 4.78 is 34.3. The van der Waals surface area contributed by atoms with Gasteiger partial charge in [0, 0.05) is 12.5 Å². The molecule has 47 heavy (non-hydrogen) atoms. The highest BCUT2D eigenvalue weighted by Crippen LogP contribution is 2.70. The lowest BCUT2D eigenvalue weighted by molar-refractivity contribution is -0.232. The monoisotopic (exact) mass is 726 g/mol. The fourth-order valence-corrected chi connectivity index (χ4v) is 15.7. The van der Waals surface area contributed by atoms with Crippen molar-refractivity contribution in [1.29, 1.82) is 0 Å². The highest BCUT2D eigenvalue weighted by Gasteiger charge is 2.69. The van der Waals surface area contributed by atoms with Gasteiger partial charge in [0.2, 0.25) is 0 Å². The molecular weight excluding hydrogens is 653 g/mol. The van der Waals surface area contributed by atoms with Crippen LogP contribution in [0.15, 0.2) is 0 Å². The molecule has 0 amide bonds. The van der Waals surface area contributed by atoms with E-state index in [1.807, 2.05) is 0 Å². The second-order valence-corrected chi connectivity index (χ2v) is 38.4. The molecule has 0 aromatic carbocycles. The Kier molecular flexibility index (Phi) is 11.9. The molecule has 0 radical (unpaired) electrons. The lowest BCUT2D eigenvalue weighted by Crippen LogP contribution is -2.70. The van der Waals surface area contributed by atoms with E-state index in [1.165, 1.54) is 26.4 Å². The Labute approximate surface area is 294 Å². The first-order valence-electron chi connectivity index (χ1n) is 19.1. The van der Waals surface area contributed by atoms with E-state index in [-0.39, 0.29) is 35.1 Å². The van der Waals surface area contributed by atoms with Crippen LogP contribution in [0.3, 0.4) is 0 Å². The first kappa shape index (κ1) is 40.0. The van der Waals surface area contributed by atoms with Crippen molar-refractivity contribution in [2.24, 2.45) is 46.3 Å². The van der Waals surface area contributed by atoms with Crippen molar-refractivity contribution in [2.45, 2.75) is 175 Å². The first-order valence-corrected chi connectivity index (χ1v) is 32.7. The summed E-state index contributed by atoms with van der Waals surface area (Å²) in [5.41, 5.74) is 0.188. The predicted octanol–water partition coefficient (Wildman–Crippen LogP) is 9.94. The molecule has 0 aromatic rings. The number of hydrogen-bond acceptors (Lipinski definition) is 6. The molecule has 7 unspecified atom stereocenters. The van der Waals surface area contributed by atoms with Gasteiger partial charge in [-0.05, 0) is 170 Å². The summed E-state index contributed by atoms with van der Waals surface area (Å²) in [5.74, 6) is 2.76. The summed E-state index contributed by atoms with van der Waals surface area (Å²) in [6.07, 6.45) is 9.05. The van der Waals surface area contributed by atoms with Crippen LogP contribution in [0.1, 0.15) is 72.1 Å². The molecule has 0 heterocycles. The van der Waals surface area contributed by atoms with E-state index >= 15 is 0 Å². The van der Waals surface area contributed by atoms with Gasteiger partial charge in [0.25, 0.3) is 0 Å². The van der Waals surface area contributed by atoms with Crippen LogP contribution in [0.4, 0.5) is 0 Å². The van der Waals surface area contributed by atoms with E-state index in [0.29, 0.717) is 48.0 Å². The Morgan fingerprint density at radius 2 is 1.26 bits per heavy atom. The number of carbonyl (C=O) groups excluding carboxylic acids is 1. The summed E-state index contributed by atoms with van der Waals surface area (Å²) in [4.78, 5) is 12.3. The summed E-state index contributed by atoms with van der Waals surface area (Å²) in [5, 5.41) is 0. The number of esters is 1. The highest BCUT2D eigenvalue weighted by atomic mass is 28.4. The van der Waals surface area contributed by atoms with Crippen LogP contribution < -0.4 is 0 Å². The first-order chi connectivity index (χ1) is 21.3. The van der Waals surface area contributed by atoms with Gasteiger partial charge in [0.15, 0.2) is 33.3 Å². The third-order valence-corrected chi connectivity index (χ3v) is 16.5. The number of hydrogen-bond donors (Lipinski definition) is 0. The molecule has 12 atom stereocenters. The van der Waals surface area contributed by atoms with Crippen molar-refractivity contribution in [3.05, 3.63) is 0 Å². The molecule has 4 rings (SSSR count). The van der Waals surface area contributed by atoms with E-state index < -0.39 is 33.3 Å². The molecule has 0 aliphatic heterocycles. The highest BCUT2D eigenvalue weighted by molar-refractivity contribution is 6.71. The topological polar surface area (TPSA) is 63.2 Å². The molecule has 4 fully saturated rings. The molecule has 0 saturated heterocycles. The molecule has 274 valence electrons. The fourth-order valence-electron chi connectivity index (χ4n) is 11.0. The predicted molar refractivity (Wildman–Crippen MR) is 205 cm³/mol. The van der Waals surface area contributed by atoms with Crippen molar-refractivity contribution >= 4 is 39.2 Å². The van der Waals surface area contributed by atoms with Crippen LogP contribution >= 0.6 is 0 Å². The fraction of sp³-hybridized carbons (Fsp3) is 0.973. The number of fused-ring (bicyclic) bond motifs is 5. The van der Waals surface area contributed by atoms with Crippen molar-refractivity contribution in [3.63, 3.8) is 0 Å². The SMILES string of the molecule is COC(=O)CCC(C)C1CCC2C3C(C[C@H](O[Si](C)(C)C)C12C)C1(C)CC[C@@H](O[Si](C)(C)C)C[C@H]1[C@H](O[Si](C)(C)C)[C@H]3O[Si](C)(C)C. The molecule has 6 nitrogen and oxygen atoms in total. The van der Waals surface area contributed by atoms with Gasteiger partial charge in [-0.2, -0.15) is 0 Å². The normalized spacial score (nSPS) is 40.3. The van der Waals surface area contributed by atoms with Gasteiger partial charge < -0.3 is 22.4 Å². The van der Waals surface area contributed by atoms with E-state index in [2.05, 4.69) is 99.3 Å². The minimum atomic E-state index is -1.93. The van der Waals surface area contributed by atoms with Gasteiger partial charge in [0.1, 0.15) is 0 Å². The van der Waals surface area contributed by atoms with E-state index in [1.54, 1.807) is 0 Å². The molecule has 0 N–H and O–H groups in total. The number of ether oxygens (including phenoxy) is 1. The van der Waals surface area contributed by atoms with Crippen LogP contribution in [-0.2, 0) is 27.2 Å². The zero-order chi connectivity index (χ0) is 35.5. The Bertz CT molecular complexity index is 1090. The minimum absolute atomic E-state index is 0.0308. The third-order valence-electron chi connectivity index (χ3n) is 12.5. The maximum atomic E-state index is 12.3. The van der Waals surface area contributed by atoms with Crippen LogP contribution in [0, 0.1) is 46.3 Å². The average molecular weight is 727 g/mol. The molecule has 4 aliphatic carbocycles. The third kappa shape index (κ3) is 8.98. The standard InChI is InChI=1S/C37H74O6Si4/c1-25(17-20-32(38)39-4)27-18-19-28-33-29(24-31(37(27,28)3)41-45(8,9)10)36(2)22-21-26(40-44(5,6)7)23-30(36)34(42-46(11,12)13)35(33)43-47(14,15)16/h25-31,33-35H,17-24H2,1-16H3/t25?,26-,27?,28?,29?,30+,31+,33?,34+,35+,36?,37?/m1/s1. The van der Waals surface area contributed by atoms with Crippen molar-refractivity contribution < 1.29 is 27.2 Å². The largest absolute Gasteiger partial charge is 0.469 e. The van der Waals surface area contributed by atoms with Crippen molar-refractivity contribution in [1.82, 2.24) is 0 Å². The van der Waals surface area contributed by atoms with Gasteiger partial charge in [-0.15, -0.1) is 0 Å². The number of methoxy groups -OCH3 is 1. The lowest BCUT2D eigenvalue weighted by Gasteiger charge is -2.68. The Morgan fingerprint density at radius 3 is 1.79 bits per heavy atom. The van der Waals surface area contributed by atoms with Crippen LogP contribution in [0.25, 0.3) is 0 Å². The molecule has 4 aliphatic rings. The van der Waals surface area contributed by atoms with Crippen molar-refractivity contribution in [2.75, 3.05) is 7.11 Å². The van der Waals surface area contributed by atoms with Gasteiger partial charge in [-0.25, -0.2) is 0 Å². The van der Waals surface area contributed by atoms with Crippen molar-refractivity contribution in [3.8, 4) is 0 Å². The average Bonchev–Trinajstić information content (AvgIpc) is 3.25. The maximum Gasteiger partial charge on any atom is 0.305 e. The second-order valence-electron chi connectivity index (χ2n) is 20.5. The van der Waals surface area contributed by atoms with Crippen LogP contribution in [0.2, 0.25) is 78.6 Å². The Balaban J connectivity index is 1.85. The molecular formula is C37H74O6Si4. The minimum Gasteiger partial charge on any atom is -0.469 e.